The third-order valence-electron chi connectivity index (χ3n) is 6.62. The lowest BCUT2D eigenvalue weighted by Gasteiger charge is -2.41. The number of benzene rings is 1. The zero-order valence-corrected chi connectivity index (χ0v) is 17.0. The van der Waals surface area contributed by atoms with Crippen molar-refractivity contribution in [2.45, 2.75) is 38.8 Å². The number of aliphatic hydroxyl groups is 1. The molecule has 0 spiro atoms. The minimum absolute atomic E-state index is 0.0134. The van der Waals surface area contributed by atoms with Crippen LogP contribution in [0.2, 0.25) is 0 Å². The fraction of sp³-hybridized carbons (Fsp3) is 0.500. The minimum Gasteiger partial charge on any atom is -0.395 e. The molecule has 2 fully saturated rings. The van der Waals surface area contributed by atoms with Crippen LogP contribution in [0.15, 0.2) is 54.9 Å². The summed E-state index contributed by atoms with van der Waals surface area (Å²) in [6.45, 7) is 3.58. The summed E-state index contributed by atoms with van der Waals surface area (Å²) in [6.07, 6.45) is 7.95. The molecule has 2 atom stereocenters. The van der Waals surface area contributed by atoms with Gasteiger partial charge in [0.15, 0.2) is 0 Å². The van der Waals surface area contributed by atoms with Gasteiger partial charge in [0, 0.05) is 45.1 Å². The van der Waals surface area contributed by atoms with Crippen molar-refractivity contribution in [2.75, 3.05) is 26.2 Å². The Hall–Kier alpha value is -2.24. The van der Waals surface area contributed by atoms with E-state index >= 15 is 0 Å². The second-order valence-corrected chi connectivity index (χ2v) is 8.57. The van der Waals surface area contributed by atoms with Gasteiger partial charge in [0.2, 0.25) is 5.91 Å². The molecule has 2 aliphatic rings. The number of hydrogen-bond donors (Lipinski definition) is 1. The van der Waals surface area contributed by atoms with Gasteiger partial charge in [0.05, 0.1) is 12.0 Å². The van der Waals surface area contributed by atoms with E-state index in [4.69, 9.17) is 0 Å². The first-order valence-corrected chi connectivity index (χ1v) is 10.8. The highest BCUT2D eigenvalue weighted by Gasteiger charge is 2.53. The van der Waals surface area contributed by atoms with Crippen molar-refractivity contribution in [3.8, 4) is 0 Å². The van der Waals surface area contributed by atoms with Crippen molar-refractivity contribution in [1.82, 2.24) is 14.8 Å². The number of aromatic nitrogens is 1. The van der Waals surface area contributed by atoms with Gasteiger partial charge < -0.3 is 10.0 Å². The largest absolute Gasteiger partial charge is 0.395 e. The van der Waals surface area contributed by atoms with Gasteiger partial charge in [-0.15, -0.1) is 0 Å². The molecule has 2 aromatic rings. The zero-order chi connectivity index (χ0) is 20.1. The topological polar surface area (TPSA) is 56.7 Å². The van der Waals surface area contributed by atoms with Gasteiger partial charge in [0.1, 0.15) is 0 Å². The average molecular weight is 394 g/mol. The van der Waals surface area contributed by atoms with Crippen LogP contribution in [-0.4, -0.2) is 52.0 Å². The van der Waals surface area contributed by atoms with Crippen LogP contribution in [0.1, 0.15) is 36.8 Å². The summed E-state index contributed by atoms with van der Waals surface area (Å²) in [5, 5.41) is 9.63. The highest BCUT2D eigenvalue weighted by Crippen LogP contribution is 2.48. The lowest BCUT2D eigenvalue weighted by molar-refractivity contribution is -0.147. The van der Waals surface area contributed by atoms with Crippen LogP contribution in [0.3, 0.4) is 0 Å². The monoisotopic (exact) mass is 393 g/mol. The van der Waals surface area contributed by atoms with E-state index in [0.29, 0.717) is 19.0 Å². The van der Waals surface area contributed by atoms with Crippen LogP contribution in [-0.2, 0) is 17.9 Å². The number of rotatable bonds is 7. The first-order chi connectivity index (χ1) is 14.2. The minimum atomic E-state index is -0.315. The summed E-state index contributed by atoms with van der Waals surface area (Å²) in [4.78, 5) is 22.4. The zero-order valence-electron chi connectivity index (χ0n) is 17.0. The molecular weight excluding hydrogens is 362 g/mol. The Morgan fingerprint density at radius 3 is 2.76 bits per heavy atom. The first kappa shape index (κ1) is 20.0. The number of amides is 1. The standard InChI is InChI=1S/C24H31N3O2/c28-14-13-27(17-21-9-6-12-25-15-21)23(29)24-11-5-4-10-22(24)18-26(19-24)16-20-7-2-1-3-8-20/h1-3,6-9,12,15,22,28H,4-5,10-11,13-14,16-19H2/t22-,24-/m1/s1. The average Bonchev–Trinajstić information content (AvgIpc) is 3.13. The fourth-order valence-electron chi connectivity index (χ4n) is 5.27. The number of fused-ring (bicyclic) bond motifs is 1. The molecule has 0 radical (unpaired) electrons. The Morgan fingerprint density at radius 1 is 1.17 bits per heavy atom. The molecule has 1 saturated heterocycles. The molecule has 0 bridgehead atoms. The molecule has 5 heteroatoms. The van der Waals surface area contributed by atoms with E-state index in [1.165, 1.54) is 12.0 Å². The summed E-state index contributed by atoms with van der Waals surface area (Å²) < 4.78 is 0. The molecule has 2 heterocycles. The van der Waals surface area contributed by atoms with Crippen LogP contribution in [0.4, 0.5) is 0 Å². The number of pyridine rings is 1. The molecule has 5 nitrogen and oxygen atoms in total. The van der Waals surface area contributed by atoms with Gasteiger partial charge >= 0.3 is 0 Å². The first-order valence-electron chi connectivity index (χ1n) is 10.8. The molecule has 0 unspecified atom stereocenters. The number of aliphatic hydroxyl groups excluding tert-OH is 1. The van der Waals surface area contributed by atoms with E-state index < -0.39 is 0 Å². The molecule has 1 aliphatic carbocycles. The molecule has 1 amide bonds. The Labute approximate surface area is 173 Å². The fourth-order valence-corrected chi connectivity index (χ4v) is 5.27. The summed E-state index contributed by atoms with van der Waals surface area (Å²) in [5.41, 5.74) is 2.00. The molecule has 154 valence electrons. The van der Waals surface area contributed by atoms with Crippen LogP contribution in [0.25, 0.3) is 0 Å². The van der Waals surface area contributed by atoms with E-state index in [1.54, 1.807) is 6.20 Å². The van der Waals surface area contributed by atoms with E-state index in [-0.39, 0.29) is 17.9 Å². The number of nitrogens with zero attached hydrogens (tertiary/aromatic N) is 3. The number of carbonyl (C=O) groups is 1. The second kappa shape index (κ2) is 9.06. The summed E-state index contributed by atoms with van der Waals surface area (Å²) in [7, 11) is 0. The molecule has 4 rings (SSSR count). The smallest absolute Gasteiger partial charge is 0.230 e. The summed E-state index contributed by atoms with van der Waals surface area (Å²) in [6, 6.07) is 14.4. The van der Waals surface area contributed by atoms with Gasteiger partial charge in [0.25, 0.3) is 0 Å². The molecule has 1 aromatic heterocycles. The van der Waals surface area contributed by atoms with E-state index in [1.807, 2.05) is 29.3 Å². The van der Waals surface area contributed by atoms with Crippen molar-refractivity contribution in [1.29, 1.82) is 0 Å². The van der Waals surface area contributed by atoms with E-state index in [0.717, 1.165) is 44.5 Å². The lowest BCUT2D eigenvalue weighted by Crippen LogP contribution is -2.50. The Balaban J connectivity index is 1.54. The summed E-state index contributed by atoms with van der Waals surface area (Å²) in [5.74, 6) is 0.623. The van der Waals surface area contributed by atoms with E-state index in [9.17, 15) is 9.90 Å². The maximum Gasteiger partial charge on any atom is 0.230 e. The SMILES string of the molecule is O=C(N(CCO)Cc1cccnc1)[C@@]12CCCC[C@@H]1CN(Cc1ccccc1)C2. The van der Waals surface area contributed by atoms with Crippen molar-refractivity contribution >= 4 is 5.91 Å². The van der Waals surface area contributed by atoms with Crippen molar-refractivity contribution < 1.29 is 9.90 Å². The predicted molar refractivity (Wildman–Crippen MR) is 113 cm³/mol. The predicted octanol–water partition coefficient (Wildman–Crippen LogP) is 3.09. The number of likely N-dealkylation sites (tertiary alicyclic amines) is 1. The third-order valence-corrected chi connectivity index (χ3v) is 6.62. The molecule has 1 N–H and O–H groups in total. The number of hydrogen-bond acceptors (Lipinski definition) is 4. The molecule has 1 saturated carbocycles. The van der Waals surface area contributed by atoms with Crippen LogP contribution in [0.5, 0.6) is 0 Å². The van der Waals surface area contributed by atoms with Gasteiger partial charge in [-0.3, -0.25) is 14.7 Å². The van der Waals surface area contributed by atoms with Crippen molar-refractivity contribution in [3.05, 3.63) is 66.0 Å². The van der Waals surface area contributed by atoms with Crippen molar-refractivity contribution in [2.24, 2.45) is 11.3 Å². The van der Waals surface area contributed by atoms with Gasteiger partial charge in [-0.2, -0.15) is 0 Å². The van der Waals surface area contributed by atoms with Gasteiger partial charge in [-0.25, -0.2) is 0 Å². The maximum atomic E-state index is 13.9. The van der Waals surface area contributed by atoms with Crippen molar-refractivity contribution in [3.63, 3.8) is 0 Å². The Bertz CT molecular complexity index is 798. The van der Waals surface area contributed by atoms with Gasteiger partial charge in [-0.1, -0.05) is 49.2 Å². The van der Waals surface area contributed by atoms with E-state index in [2.05, 4.69) is 34.1 Å². The third kappa shape index (κ3) is 4.36. The normalized spacial score (nSPS) is 24.2. The van der Waals surface area contributed by atoms with Gasteiger partial charge in [-0.05, 0) is 36.0 Å². The second-order valence-electron chi connectivity index (χ2n) is 8.57. The van der Waals surface area contributed by atoms with Crippen LogP contribution < -0.4 is 0 Å². The summed E-state index contributed by atoms with van der Waals surface area (Å²) >= 11 is 0. The molecular formula is C24H31N3O2. The van der Waals surface area contributed by atoms with Crippen LogP contribution >= 0.6 is 0 Å². The molecule has 1 aliphatic heterocycles. The maximum absolute atomic E-state index is 13.9. The Kier molecular flexibility index (Phi) is 6.26. The lowest BCUT2D eigenvalue weighted by atomic mass is 9.67. The Morgan fingerprint density at radius 2 is 2.00 bits per heavy atom. The van der Waals surface area contributed by atoms with Crippen LogP contribution in [0, 0.1) is 11.3 Å². The highest BCUT2D eigenvalue weighted by molar-refractivity contribution is 5.84. The highest BCUT2D eigenvalue weighted by atomic mass is 16.3. The molecule has 29 heavy (non-hydrogen) atoms. The molecule has 1 aromatic carbocycles. The quantitative estimate of drug-likeness (QED) is 0.785. The number of carbonyl (C=O) groups excluding carboxylic acids is 1.